The van der Waals surface area contributed by atoms with Crippen LogP contribution in [0.4, 0.5) is 0 Å². The van der Waals surface area contributed by atoms with Crippen LogP contribution in [0.25, 0.3) is 60.3 Å². The summed E-state index contributed by atoms with van der Waals surface area (Å²) in [7, 11) is 0. The highest BCUT2D eigenvalue weighted by molar-refractivity contribution is 7.05. The molecular weight excluding hydrogens is 866 g/mol. The standard InChI is InChI=1S/C32H26B2O.C22H24.C15H16/c1-20-25-15-16-26-21(2)34(22(3)27-17-18-28(31(25)30(26)27)32(35)33(20)4)29(24-13-9-6-10-14-24)19-23-11-7-5-8-12-23;1-13(2)17-9-10-19(15(5)6)22-20(16(7)8)12-11-18(14(3)4)21(17)22;1-13(15-10-6-3-7-11-15)12-14-8-4-2-5-9-14/h5-18,29H,1-3,19H2,4H3;9-12H,1,3,5,7H2,2,4,6,8H3;2-11,13H,12H2,1H3. The largest absolute Gasteiger partial charge is 0.305 e. The van der Waals surface area contributed by atoms with E-state index in [1.807, 2.05) is 40.6 Å². The van der Waals surface area contributed by atoms with E-state index < -0.39 is 0 Å². The van der Waals surface area contributed by atoms with Crippen LogP contribution in [0.1, 0.15) is 118 Å². The Morgan fingerprint density at radius 1 is 0.417 bits per heavy atom. The molecule has 1 nitrogen and oxygen atoms in total. The molecule has 0 N–H and O–H groups in total. The molecule has 2 aliphatic rings. The van der Waals surface area contributed by atoms with Crippen molar-refractivity contribution in [2.75, 3.05) is 0 Å². The average molecular weight is 933 g/mol. The van der Waals surface area contributed by atoms with E-state index in [9.17, 15) is 4.79 Å². The predicted molar refractivity (Wildman–Crippen MR) is 320 cm³/mol. The molecule has 2 atom stereocenters. The van der Waals surface area contributed by atoms with Gasteiger partial charge in [-0.2, -0.15) is 0 Å². The van der Waals surface area contributed by atoms with Gasteiger partial charge in [-0.05, 0) is 129 Å². The fourth-order valence-corrected chi connectivity index (χ4v) is 10.9. The molecular formula is C69H66B2O. The van der Waals surface area contributed by atoms with Gasteiger partial charge >= 0.3 is 0 Å². The molecule has 0 spiro atoms. The number of rotatable bonds is 11. The maximum absolute atomic E-state index is 13.2. The molecule has 0 fully saturated rings. The lowest BCUT2D eigenvalue weighted by Gasteiger charge is -2.35. The van der Waals surface area contributed by atoms with Crippen LogP contribution < -0.4 is 0 Å². The van der Waals surface area contributed by atoms with E-state index in [0.717, 1.165) is 84.6 Å². The van der Waals surface area contributed by atoms with Crippen molar-refractivity contribution in [1.29, 1.82) is 0 Å². The van der Waals surface area contributed by atoms with Crippen LogP contribution >= 0.6 is 0 Å². The molecule has 0 aliphatic carbocycles. The van der Waals surface area contributed by atoms with E-state index in [1.165, 1.54) is 55.3 Å². The minimum absolute atomic E-state index is 0.0609. The van der Waals surface area contributed by atoms with Crippen molar-refractivity contribution in [3.05, 3.63) is 283 Å². The minimum Gasteiger partial charge on any atom is -0.305 e. The number of carbonyl (C=O) groups is 1. The van der Waals surface area contributed by atoms with Crippen molar-refractivity contribution >= 4 is 79.4 Å². The lowest BCUT2D eigenvalue weighted by Crippen LogP contribution is -2.33. The first kappa shape index (κ1) is 50.6. The monoisotopic (exact) mass is 933 g/mol. The Hall–Kier alpha value is -7.74. The Kier molecular flexibility index (Phi) is 15.3. The van der Waals surface area contributed by atoms with Gasteiger partial charge in [-0.1, -0.05) is 254 Å². The molecule has 2 heterocycles. The summed E-state index contributed by atoms with van der Waals surface area (Å²) in [5.74, 6) is 0.791. The van der Waals surface area contributed by atoms with Gasteiger partial charge in [-0.25, -0.2) is 0 Å². The quantitative estimate of drug-likeness (QED) is 0.118. The molecule has 0 saturated heterocycles. The van der Waals surface area contributed by atoms with Gasteiger partial charge in [-0.3, -0.25) is 0 Å². The summed E-state index contributed by atoms with van der Waals surface area (Å²) in [5, 5.41) is 4.55. The van der Waals surface area contributed by atoms with Crippen molar-refractivity contribution in [3.63, 3.8) is 0 Å². The summed E-state index contributed by atoms with van der Waals surface area (Å²) in [6, 6.07) is 59.7. The summed E-state index contributed by atoms with van der Waals surface area (Å²) in [5.41, 5.74) is 21.6. The van der Waals surface area contributed by atoms with Crippen LogP contribution in [0, 0.1) is 0 Å². The molecule has 3 heteroatoms. The maximum atomic E-state index is 13.2. The van der Waals surface area contributed by atoms with Gasteiger partial charge in [0.05, 0.1) is 0 Å². The Balaban J connectivity index is 0.000000160. The van der Waals surface area contributed by atoms with Gasteiger partial charge < -0.3 is 4.79 Å². The zero-order chi connectivity index (χ0) is 51.4. The van der Waals surface area contributed by atoms with Crippen molar-refractivity contribution < 1.29 is 4.79 Å². The minimum atomic E-state index is -0.196. The molecule has 2 aliphatic heterocycles. The molecule has 0 bridgehead atoms. The number of benzene rings is 8. The highest BCUT2D eigenvalue weighted by atomic mass is 16.1. The molecule has 2 unspecified atom stereocenters. The third kappa shape index (κ3) is 10.1. The zero-order valence-corrected chi connectivity index (χ0v) is 43.2. The summed E-state index contributed by atoms with van der Waals surface area (Å²) >= 11 is 0. The van der Waals surface area contributed by atoms with Crippen LogP contribution in [-0.4, -0.2) is 19.1 Å². The average Bonchev–Trinajstić information content (AvgIpc) is 3.39. The predicted octanol–water partition coefficient (Wildman–Crippen LogP) is 18.4. The molecule has 10 rings (SSSR count). The third-order valence-corrected chi connectivity index (χ3v) is 14.8. The third-order valence-electron chi connectivity index (χ3n) is 14.8. The number of allylic oxidation sites excluding steroid dienone is 4. The van der Waals surface area contributed by atoms with Crippen LogP contribution in [-0.2, 0) is 12.8 Å². The van der Waals surface area contributed by atoms with E-state index >= 15 is 0 Å². The topological polar surface area (TPSA) is 17.1 Å². The Morgan fingerprint density at radius 2 is 0.750 bits per heavy atom. The Labute approximate surface area is 430 Å². The molecule has 72 heavy (non-hydrogen) atoms. The number of carbonyl (C=O) groups excluding carboxylic acids is 1. The fraction of sp³-hybridized carbons (Fsp3) is 0.145. The van der Waals surface area contributed by atoms with E-state index in [-0.39, 0.29) is 24.9 Å². The molecule has 0 saturated carbocycles. The van der Waals surface area contributed by atoms with Gasteiger partial charge in [-0.15, -0.1) is 19.7 Å². The van der Waals surface area contributed by atoms with Crippen molar-refractivity contribution in [2.24, 2.45) is 0 Å². The van der Waals surface area contributed by atoms with Crippen LogP contribution in [0.2, 0.25) is 6.82 Å². The van der Waals surface area contributed by atoms with E-state index in [1.54, 1.807) is 0 Å². The van der Waals surface area contributed by atoms with Crippen LogP contribution in [0.5, 0.6) is 0 Å². The van der Waals surface area contributed by atoms with Crippen molar-refractivity contribution in [3.8, 4) is 0 Å². The van der Waals surface area contributed by atoms with Gasteiger partial charge in [0.1, 0.15) is 5.68 Å². The first-order chi connectivity index (χ1) is 34.6. The number of fused-ring (bicyclic) bond motifs is 1. The SMILES string of the molecule is C=C(C)c1ccc(C(=C)C)c2c(C(=C)C)ccc(C(=C)C)c12.C=C1B(C(Cc2ccccc2)c2ccccc2)C(=C)c2ccc3c4c(ccc1c24)C(=C)B(C)C3=O.CC(Cc1ccccc1)c1ccccc1. The molecule has 8 aromatic rings. The van der Waals surface area contributed by atoms with Gasteiger partial charge in [0.15, 0.2) is 0 Å². The lowest BCUT2D eigenvalue weighted by molar-refractivity contribution is 0.107. The fourth-order valence-electron chi connectivity index (χ4n) is 10.9. The highest BCUT2D eigenvalue weighted by Crippen LogP contribution is 2.49. The Morgan fingerprint density at radius 3 is 1.15 bits per heavy atom. The second-order valence-corrected chi connectivity index (χ2v) is 20.1. The number of hydrogen-bond acceptors (Lipinski definition) is 1. The van der Waals surface area contributed by atoms with Gasteiger partial charge in [0.2, 0.25) is 6.71 Å². The first-order valence-corrected chi connectivity index (χ1v) is 25.2. The summed E-state index contributed by atoms with van der Waals surface area (Å²) in [6.45, 7) is 42.5. The maximum Gasteiger partial charge on any atom is 0.259 e. The van der Waals surface area contributed by atoms with Crippen molar-refractivity contribution in [1.82, 2.24) is 0 Å². The molecule has 354 valence electrons. The lowest BCUT2D eigenvalue weighted by atomic mass is 9.28. The molecule has 0 radical (unpaired) electrons. The zero-order valence-electron chi connectivity index (χ0n) is 43.2. The van der Waals surface area contributed by atoms with Gasteiger partial charge in [0.25, 0.3) is 6.71 Å². The molecule has 0 aromatic heterocycles. The summed E-state index contributed by atoms with van der Waals surface area (Å²) in [6.07, 6.45) is 2.01. The first-order valence-electron chi connectivity index (χ1n) is 25.2. The second-order valence-electron chi connectivity index (χ2n) is 20.1. The second kappa shape index (κ2) is 21.7. The summed E-state index contributed by atoms with van der Waals surface area (Å²) in [4.78, 5) is 13.2. The van der Waals surface area contributed by atoms with Crippen LogP contribution in [0.3, 0.4) is 0 Å². The normalized spacial score (nSPS) is 13.4. The van der Waals surface area contributed by atoms with E-state index in [0.29, 0.717) is 5.92 Å². The number of hydrogen-bond donors (Lipinski definition) is 0. The summed E-state index contributed by atoms with van der Waals surface area (Å²) < 4.78 is 0. The highest BCUT2D eigenvalue weighted by Gasteiger charge is 2.40. The smallest absolute Gasteiger partial charge is 0.259 e. The molecule has 0 amide bonds. The van der Waals surface area contributed by atoms with Gasteiger partial charge in [0, 0.05) is 5.56 Å². The van der Waals surface area contributed by atoms with E-state index in [2.05, 4.69) is 217 Å². The molecule has 8 aromatic carbocycles. The van der Waals surface area contributed by atoms with Crippen LogP contribution in [0.15, 0.2) is 216 Å². The van der Waals surface area contributed by atoms with E-state index in [4.69, 9.17) is 0 Å². The Bertz CT molecular complexity index is 3240. The van der Waals surface area contributed by atoms with Crippen molar-refractivity contribution in [2.45, 2.75) is 66.0 Å².